The van der Waals surface area contributed by atoms with Crippen LogP contribution in [0.1, 0.15) is 18.4 Å². The van der Waals surface area contributed by atoms with Crippen molar-refractivity contribution in [2.45, 2.75) is 19.4 Å². The highest BCUT2D eigenvalue weighted by Crippen LogP contribution is 2.29. The van der Waals surface area contributed by atoms with Crippen LogP contribution in [0, 0.1) is 0 Å². The summed E-state index contributed by atoms with van der Waals surface area (Å²) in [7, 11) is 1.68. The van der Waals surface area contributed by atoms with Crippen LogP contribution in [0.15, 0.2) is 28.7 Å². The van der Waals surface area contributed by atoms with Crippen molar-refractivity contribution in [3.05, 3.63) is 35.0 Å². The standard InChI is InChI=1S/C16H22ClNO3/c1-19-10-11-20-9-5-4-8-18-12-14-13-6-2-3-7-15(13)21-16(14)17/h2-3,6-7,18H,4-5,8-12H2,1H3. The summed E-state index contributed by atoms with van der Waals surface area (Å²) >= 11 is 6.14. The van der Waals surface area contributed by atoms with Crippen LogP contribution < -0.4 is 5.32 Å². The zero-order chi connectivity index (χ0) is 14.9. The van der Waals surface area contributed by atoms with Gasteiger partial charge in [0, 0.05) is 31.2 Å². The lowest BCUT2D eigenvalue weighted by Gasteiger charge is -2.05. The molecule has 2 aromatic rings. The van der Waals surface area contributed by atoms with E-state index in [4.69, 9.17) is 25.5 Å². The normalized spacial score (nSPS) is 11.3. The Labute approximate surface area is 130 Å². The summed E-state index contributed by atoms with van der Waals surface area (Å²) in [6.45, 7) is 3.76. The van der Waals surface area contributed by atoms with Gasteiger partial charge in [0.05, 0.1) is 13.2 Å². The van der Waals surface area contributed by atoms with Crippen LogP contribution in [-0.2, 0) is 16.0 Å². The molecule has 0 fully saturated rings. The molecule has 5 heteroatoms. The van der Waals surface area contributed by atoms with Crippen molar-refractivity contribution in [3.8, 4) is 0 Å². The second-order valence-corrected chi connectivity index (χ2v) is 5.18. The maximum absolute atomic E-state index is 6.14. The number of benzene rings is 1. The van der Waals surface area contributed by atoms with Crippen LogP contribution in [0.4, 0.5) is 0 Å². The average molecular weight is 312 g/mol. The van der Waals surface area contributed by atoms with E-state index in [0.717, 1.165) is 49.1 Å². The highest BCUT2D eigenvalue weighted by atomic mass is 35.5. The van der Waals surface area contributed by atoms with Gasteiger partial charge in [-0.25, -0.2) is 0 Å². The Balaban J connectivity index is 1.65. The summed E-state index contributed by atoms with van der Waals surface area (Å²) in [5, 5.41) is 4.96. The molecule has 21 heavy (non-hydrogen) atoms. The topological polar surface area (TPSA) is 43.6 Å². The fourth-order valence-electron chi connectivity index (χ4n) is 2.15. The van der Waals surface area contributed by atoms with E-state index in [1.54, 1.807) is 7.11 Å². The van der Waals surface area contributed by atoms with Gasteiger partial charge in [0.1, 0.15) is 5.58 Å². The van der Waals surface area contributed by atoms with Crippen molar-refractivity contribution in [1.29, 1.82) is 0 Å². The first-order chi connectivity index (χ1) is 10.3. The molecule has 1 N–H and O–H groups in total. The summed E-state index contributed by atoms with van der Waals surface area (Å²) in [4.78, 5) is 0. The molecule has 0 aliphatic heterocycles. The minimum absolute atomic E-state index is 0.478. The first-order valence-electron chi connectivity index (χ1n) is 7.26. The fraction of sp³-hybridized carbons (Fsp3) is 0.500. The molecule has 0 saturated carbocycles. The molecule has 116 valence electrons. The third-order valence-electron chi connectivity index (χ3n) is 3.27. The van der Waals surface area contributed by atoms with Crippen molar-refractivity contribution in [3.63, 3.8) is 0 Å². The monoisotopic (exact) mass is 311 g/mol. The molecule has 1 aromatic heterocycles. The lowest BCUT2D eigenvalue weighted by molar-refractivity contribution is 0.0688. The molecule has 0 bridgehead atoms. The van der Waals surface area contributed by atoms with Crippen molar-refractivity contribution in [1.82, 2.24) is 5.32 Å². The summed E-state index contributed by atoms with van der Waals surface area (Å²) in [6.07, 6.45) is 2.11. The van der Waals surface area contributed by atoms with Crippen LogP contribution in [0.25, 0.3) is 11.0 Å². The molecule has 0 unspecified atom stereocenters. The maximum Gasteiger partial charge on any atom is 0.199 e. The van der Waals surface area contributed by atoms with E-state index in [2.05, 4.69) is 5.32 Å². The second-order valence-electron chi connectivity index (χ2n) is 4.84. The molecule has 0 atom stereocenters. The number of hydrogen-bond acceptors (Lipinski definition) is 4. The number of fused-ring (bicyclic) bond motifs is 1. The second kappa shape index (κ2) is 9.05. The molecule has 1 heterocycles. The van der Waals surface area contributed by atoms with Gasteiger partial charge in [-0.1, -0.05) is 18.2 Å². The number of halogens is 1. The largest absolute Gasteiger partial charge is 0.444 e. The molecule has 4 nitrogen and oxygen atoms in total. The SMILES string of the molecule is COCCOCCCCNCc1c(Cl)oc2ccccc12. The van der Waals surface area contributed by atoms with Gasteiger partial charge in [-0.05, 0) is 37.1 Å². The third-order valence-corrected chi connectivity index (χ3v) is 3.58. The van der Waals surface area contributed by atoms with Crippen LogP contribution >= 0.6 is 11.6 Å². The Kier molecular flexibility index (Phi) is 7.03. The lowest BCUT2D eigenvalue weighted by Crippen LogP contribution is -2.15. The molecule has 0 radical (unpaired) electrons. The minimum Gasteiger partial charge on any atom is -0.444 e. The number of para-hydroxylation sites is 1. The van der Waals surface area contributed by atoms with E-state index in [9.17, 15) is 0 Å². The number of furan rings is 1. The van der Waals surface area contributed by atoms with E-state index < -0.39 is 0 Å². The summed E-state index contributed by atoms with van der Waals surface area (Å²) < 4.78 is 15.9. The summed E-state index contributed by atoms with van der Waals surface area (Å²) in [6, 6.07) is 7.91. The first kappa shape index (κ1) is 16.3. The van der Waals surface area contributed by atoms with Gasteiger partial charge in [-0.3, -0.25) is 0 Å². The quantitative estimate of drug-likeness (QED) is 0.681. The summed E-state index contributed by atoms with van der Waals surface area (Å²) in [5.74, 6) is 0. The molecule has 0 aliphatic carbocycles. The Bertz CT molecular complexity index is 541. The van der Waals surface area contributed by atoms with Gasteiger partial charge < -0.3 is 19.2 Å². The molecule has 1 aromatic carbocycles. The van der Waals surface area contributed by atoms with E-state index in [1.807, 2.05) is 24.3 Å². The van der Waals surface area contributed by atoms with Crippen LogP contribution in [0.3, 0.4) is 0 Å². The van der Waals surface area contributed by atoms with E-state index >= 15 is 0 Å². The number of hydrogen-bond donors (Lipinski definition) is 1. The van der Waals surface area contributed by atoms with E-state index in [-0.39, 0.29) is 0 Å². The highest BCUT2D eigenvalue weighted by molar-refractivity contribution is 6.30. The van der Waals surface area contributed by atoms with Gasteiger partial charge in [-0.2, -0.15) is 0 Å². The molecular formula is C16H22ClNO3. The molecular weight excluding hydrogens is 290 g/mol. The number of methoxy groups -OCH3 is 1. The number of unbranched alkanes of at least 4 members (excludes halogenated alkanes) is 1. The van der Waals surface area contributed by atoms with Gasteiger partial charge in [0.15, 0.2) is 5.22 Å². The van der Waals surface area contributed by atoms with Crippen molar-refractivity contribution < 1.29 is 13.9 Å². The van der Waals surface area contributed by atoms with Gasteiger partial charge in [-0.15, -0.1) is 0 Å². The van der Waals surface area contributed by atoms with Crippen molar-refractivity contribution in [2.75, 3.05) is 33.5 Å². The molecule has 0 saturated heterocycles. The third kappa shape index (κ3) is 5.00. The number of nitrogens with one attached hydrogen (secondary N) is 1. The molecule has 0 amide bonds. The molecule has 0 spiro atoms. The fourth-order valence-corrected chi connectivity index (χ4v) is 2.40. The van der Waals surface area contributed by atoms with Gasteiger partial charge in [0.25, 0.3) is 0 Å². The Hall–Kier alpha value is -1.07. The maximum atomic E-state index is 6.14. The van der Waals surface area contributed by atoms with Crippen molar-refractivity contribution in [2.24, 2.45) is 0 Å². The van der Waals surface area contributed by atoms with Gasteiger partial charge in [0.2, 0.25) is 0 Å². The average Bonchev–Trinajstić information content (AvgIpc) is 2.81. The summed E-state index contributed by atoms with van der Waals surface area (Å²) in [5.41, 5.74) is 1.87. The zero-order valence-electron chi connectivity index (χ0n) is 12.4. The predicted octanol–water partition coefficient (Wildman–Crippen LogP) is 3.62. The molecule has 2 rings (SSSR count). The zero-order valence-corrected chi connectivity index (χ0v) is 13.1. The van der Waals surface area contributed by atoms with Crippen LogP contribution in [0.5, 0.6) is 0 Å². The smallest absolute Gasteiger partial charge is 0.199 e. The minimum atomic E-state index is 0.478. The predicted molar refractivity (Wildman–Crippen MR) is 84.9 cm³/mol. The number of rotatable bonds is 10. The van der Waals surface area contributed by atoms with Gasteiger partial charge >= 0.3 is 0 Å². The Morgan fingerprint density at radius 2 is 2.00 bits per heavy atom. The Morgan fingerprint density at radius 3 is 2.86 bits per heavy atom. The van der Waals surface area contributed by atoms with Crippen LogP contribution in [-0.4, -0.2) is 33.5 Å². The Morgan fingerprint density at radius 1 is 1.14 bits per heavy atom. The lowest BCUT2D eigenvalue weighted by atomic mass is 10.2. The van der Waals surface area contributed by atoms with Crippen LogP contribution in [0.2, 0.25) is 5.22 Å². The van der Waals surface area contributed by atoms with E-state index in [0.29, 0.717) is 18.4 Å². The number of ether oxygens (including phenoxy) is 2. The molecule has 0 aliphatic rings. The van der Waals surface area contributed by atoms with Crippen molar-refractivity contribution >= 4 is 22.6 Å². The first-order valence-corrected chi connectivity index (χ1v) is 7.64. The highest BCUT2D eigenvalue weighted by Gasteiger charge is 2.10. The van der Waals surface area contributed by atoms with E-state index in [1.165, 1.54) is 0 Å².